The average molecular weight is 404 g/mol. The predicted molar refractivity (Wildman–Crippen MR) is 105 cm³/mol. The number of fused-ring (bicyclic) bond motifs is 1. The number of hydrogen-bond donors (Lipinski definition) is 3. The molecule has 0 unspecified atom stereocenters. The number of hydrogen-bond acceptors (Lipinski definition) is 5. The second-order valence-corrected chi connectivity index (χ2v) is 8.32. The summed E-state index contributed by atoms with van der Waals surface area (Å²) in [5.41, 5.74) is 0.931. The summed E-state index contributed by atoms with van der Waals surface area (Å²) in [4.78, 5) is 28.8. The molecule has 8 heteroatoms. The van der Waals surface area contributed by atoms with E-state index in [2.05, 4.69) is 22.8 Å². The summed E-state index contributed by atoms with van der Waals surface area (Å²) in [5, 5.41) is 5.01. The van der Waals surface area contributed by atoms with Gasteiger partial charge in [-0.05, 0) is 24.4 Å². The molecular formula is C20H25N3O4S+2. The fourth-order valence-electron chi connectivity index (χ4n) is 3.73. The molecule has 1 aromatic carbocycles. The van der Waals surface area contributed by atoms with Crippen LogP contribution >= 0.6 is 11.3 Å². The van der Waals surface area contributed by atoms with Crippen LogP contribution < -0.4 is 24.6 Å². The van der Waals surface area contributed by atoms with Gasteiger partial charge >= 0.3 is 0 Å². The first-order chi connectivity index (χ1) is 13.6. The van der Waals surface area contributed by atoms with E-state index in [1.807, 2.05) is 0 Å². The Bertz CT molecular complexity index is 861. The molecule has 3 heterocycles. The van der Waals surface area contributed by atoms with Gasteiger partial charge in [0.25, 0.3) is 5.91 Å². The molecule has 0 radical (unpaired) electrons. The van der Waals surface area contributed by atoms with Gasteiger partial charge in [0, 0.05) is 11.6 Å². The number of ketones is 1. The molecule has 0 saturated carbocycles. The van der Waals surface area contributed by atoms with E-state index in [0.29, 0.717) is 29.3 Å². The molecule has 0 spiro atoms. The number of thiophene rings is 1. The number of ether oxygens (including phenoxy) is 2. The van der Waals surface area contributed by atoms with Crippen molar-refractivity contribution < 1.29 is 28.9 Å². The van der Waals surface area contributed by atoms with E-state index < -0.39 is 0 Å². The van der Waals surface area contributed by atoms with Gasteiger partial charge in [-0.15, -0.1) is 11.3 Å². The van der Waals surface area contributed by atoms with Gasteiger partial charge < -0.3 is 24.6 Å². The van der Waals surface area contributed by atoms with Crippen LogP contribution in [0.2, 0.25) is 0 Å². The fraction of sp³-hybridized carbons (Fsp3) is 0.400. The maximum absolute atomic E-state index is 12.6. The maximum atomic E-state index is 12.6. The summed E-state index contributed by atoms with van der Waals surface area (Å²) in [6.45, 7) is 7.13. The molecule has 1 aromatic heterocycles. The van der Waals surface area contributed by atoms with E-state index in [0.717, 1.165) is 32.7 Å². The number of anilines is 1. The Labute approximate surface area is 167 Å². The summed E-state index contributed by atoms with van der Waals surface area (Å²) in [5.74, 6) is 0.891. The summed E-state index contributed by atoms with van der Waals surface area (Å²) < 4.78 is 10.7. The highest BCUT2D eigenvalue weighted by Gasteiger charge is 2.26. The van der Waals surface area contributed by atoms with Crippen molar-refractivity contribution in [2.45, 2.75) is 13.5 Å². The van der Waals surface area contributed by atoms with Crippen molar-refractivity contribution in [3.8, 4) is 11.5 Å². The fourth-order valence-corrected chi connectivity index (χ4v) is 4.50. The van der Waals surface area contributed by atoms with Crippen LogP contribution in [0.25, 0.3) is 0 Å². The molecule has 28 heavy (non-hydrogen) atoms. The Hall–Kier alpha value is -2.42. The first-order valence-corrected chi connectivity index (χ1v) is 10.4. The van der Waals surface area contributed by atoms with Crippen molar-refractivity contribution in [1.29, 1.82) is 0 Å². The smallest absolute Gasteiger partial charge is 0.279 e. The third-order valence-electron chi connectivity index (χ3n) is 5.25. The van der Waals surface area contributed by atoms with Crippen LogP contribution in [0, 0.1) is 0 Å². The first-order valence-electron chi connectivity index (χ1n) is 9.52. The van der Waals surface area contributed by atoms with E-state index in [4.69, 9.17) is 9.47 Å². The van der Waals surface area contributed by atoms with Gasteiger partial charge in [0.1, 0.15) is 32.7 Å². The number of carbonyl (C=O) groups excluding carboxylic acids is 2. The number of nitrogens with one attached hydrogen (secondary N) is 3. The van der Waals surface area contributed by atoms with Gasteiger partial charge in [0.05, 0.1) is 10.6 Å². The van der Waals surface area contributed by atoms with E-state index in [1.54, 1.807) is 28.4 Å². The lowest BCUT2D eigenvalue weighted by atomic mass is 10.1. The zero-order valence-electron chi connectivity index (χ0n) is 15.9. The zero-order chi connectivity index (χ0) is 19.5. The largest absolute Gasteiger partial charge is 0.454 e. The van der Waals surface area contributed by atoms with Gasteiger partial charge in [-0.2, -0.15) is 0 Å². The highest BCUT2D eigenvalue weighted by molar-refractivity contribution is 7.09. The number of amides is 1. The molecule has 1 amide bonds. The van der Waals surface area contributed by atoms with E-state index in [9.17, 15) is 9.59 Å². The minimum Gasteiger partial charge on any atom is -0.454 e. The van der Waals surface area contributed by atoms with Crippen molar-refractivity contribution in [2.24, 2.45) is 0 Å². The molecule has 0 atom stereocenters. The lowest BCUT2D eigenvalue weighted by molar-refractivity contribution is -1.01. The van der Waals surface area contributed by atoms with E-state index >= 15 is 0 Å². The van der Waals surface area contributed by atoms with Crippen molar-refractivity contribution in [3.63, 3.8) is 0 Å². The number of piperazine rings is 1. The Balaban J connectivity index is 1.32. The van der Waals surface area contributed by atoms with Crippen molar-refractivity contribution in [1.82, 2.24) is 0 Å². The van der Waals surface area contributed by atoms with Crippen molar-refractivity contribution in [3.05, 3.63) is 40.1 Å². The molecule has 2 aliphatic heterocycles. The summed E-state index contributed by atoms with van der Waals surface area (Å²) in [6.07, 6.45) is 0. The summed E-state index contributed by atoms with van der Waals surface area (Å²) >= 11 is 1.80. The molecule has 2 aliphatic rings. The lowest BCUT2D eigenvalue weighted by Gasteiger charge is -2.29. The highest BCUT2D eigenvalue weighted by Crippen LogP contribution is 2.37. The number of carbonyl (C=O) groups is 2. The zero-order valence-corrected chi connectivity index (χ0v) is 16.7. The van der Waals surface area contributed by atoms with Gasteiger partial charge in [0.15, 0.2) is 23.8 Å². The standard InChI is InChI=1S/C20H23N3O4S/c1-14(24)16-9-18-19(27-13-26-18)10-17(16)21-20(25)12-23-6-4-22(5-7-23)11-15-3-2-8-28-15/h2-3,8-10H,4-7,11-13H2,1H3,(H,21,25)/p+2. The molecule has 148 valence electrons. The Morgan fingerprint density at radius 2 is 1.82 bits per heavy atom. The van der Waals surface area contributed by atoms with Gasteiger partial charge in [-0.1, -0.05) is 6.07 Å². The number of benzene rings is 1. The van der Waals surface area contributed by atoms with Gasteiger partial charge in [-0.25, -0.2) is 0 Å². The molecular weight excluding hydrogens is 378 g/mol. The van der Waals surface area contributed by atoms with Crippen molar-refractivity contribution >= 4 is 28.7 Å². The third-order valence-corrected chi connectivity index (χ3v) is 6.12. The summed E-state index contributed by atoms with van der Waals surface area (Å²) in [7, 11) is 0. The van der Waals surface area contributed by atoms with Crippen LogP contribution in [0.4, 0.5) is 5.69 Å². The maximum Gasteiger partial charge on any atom is 0.279 e. The van der Waals surface area contributed by atoms with Crippen LogP contribution in [0.1, 0.15) is 22.2 Å². The quantitative estimate of drug-likeness (QED) is 0.574. The Morgan fingerprint density at radius 3 is 2.50 bits per heavy atom. The van der Waals surface area contributed by atoms with Crippen molar-refractivity contribution in [2.75, 3.05) is 44.8 Å². The number of quaternary nitrogens is 2. The van der Waals surface area contributed by atoms with Crippen LogP contribution in [-0.2, 0) is 11.3 Å². The number of Topliss-reactive ketones (excluding diaryl/α,β-unsaturated/α-hetero) is 1. The molecule has 2 aromatic rings. The molecule has 7 nitrogen and oxygen atoms in total. The highest BCUT2D eigenvalue weighted by atomic mass is 32.1. The van der Waals surface area contributed by atoms with Gasteiger partial charge in [0.2, 0.25) is 6.79 Å². The molecule has 3 N–H and O–H groups in total. The predicted octanol–water partition coefficient (Wildman–Crippen LogP) is -0.398. The van der Waals surface area contributed by atoms with E-state index in [1.165, 1.54) is 16.7 Å². The van der Waals surface area contributed by atoms with Gasteiger partial charge in [-0.3, -0.25) is 9.59 Å². The minimum absolute atomic E-state index is 0.0851. The SMILES string of the molecule is CC(=O)c1cc2c(cc1NC(=O)C[NH+]1CC[NH+](Cc3cccs3)CC1)OCO2. The van der Waals surface area contributed by atoms with Crippen LogP contribution in [0.15, 0.2) is 29.6 Å². The van der Waals surface area contributed by atoms with Crippen LogP contribution in [0.5, 0.6) is 11.5 Å². The number of rotatable bonds is 6. The van der Waals surface area contributed by atoms with Crippen LogP contribution in [-0.4, -0.2) is 51.2 Å². The van der Waals surface area contributed by atoms with Crippen LogP contribution in [0.3, 0.4) is 0 Å². The monoisotopic (exact) mass is 403 g/mol. The normalized spacial score (nSPS) is 20.8. The Morgan fingerprint density at radius 1 is 1.11 bits per heavy atom. The Kier molecular flexibility index (Phi) is 5.61. The third kappa shape index (κ3) is 4.35. The average Bonchev–Trinajstić information content (AvgIpc) is 3.33. The second-order valence-electron chi connectivity index (χ2n) is 7.29. The molecule has 1 fully saturated rings. The van der Waals surface area contributed by atoms with E-state index in [-0.39, 0.29) is 18.5 Å². The lowest BCUT2D eigenvalue weighted by Crippen LogP contribution is -3.28. The molecule has 4 rings (SSSR count). The molecule has 1 saturated heterocycles. The topological polar surface area (TPSA) is 73.5 Å². The first kappa shape index (κ1) is 18.9. The molecule has 0 aliphatic carbocycles. The summed E-state index contributed by atoms with van der Waals surface area (Å²) in [6, 6.07) is 7.59. The second kappa shape index (κ2) is 8.30. The molecule has 0 bridgehead atoms. The minimum atomic E-state index is -0.119.